The van der Waals surface area contributed by atoms with Gasteiger partial charge in [0.1, 0.15) is 0 Å². The maximum absolute atomic E-state index is 11.7. The summed E-state index contributed by atoms with van der Waals surface area (Å²) in [6.07, 6.45) is 5.28. The van der Waals surface area contributed by atoms with Gasteiger partial charge in [0.2, 0.25) is 5.91 Å². The monoisotopic (exact) mass is 205 g/mol. The molecule has 0 saturated heterocycles. The molecule has 4 heteroatoms. The standard InChI is InChI=1S/C11H15N3O/c12-8-11(3-4-11)10(15)14-7-9-1-5-13-6-2-9/h1-2,5-6H,3-4,7-8,12H2,(H,14,15). The molecule has 0 spiro atoms. The summed E-state index contributed by atoms with van der Waals surface area (Å²) in [6, 6.07) is 3.78. The van der Waals surface area contributed by atoms with Crippen LogP contribution in [0.15, 0.2) is 24.5 Å². The zero-order chi connectivity index (χ0) is 10.7. The number of hydrogen-bond acceptors (Lipinski definition) is 3. The first-order valence-corrected chi connectivity index (χ1v) is 5.14. The molecular formula is C11H15N3O. The van der Waals surface area contributed by atoms with Gasteiger partial charge in [-0.2, -0.15) is 0 Å². The Balaban J connectivity index is 1.86. The molecule has 1 heterocycles. The molecule has 2 rings (SSSR count). The minimum atomic E-state index is -0.257. The first-order chi connectivity index (χ1) is 7.27. The van der Waals surface area contributed by atoms with Gasteiger partial charge in [-0.05, 0) is 30.5 Å². The van der Waals surface area contributed by atoms with Crippen molar-refractivity contribution in [3.8, 4) is 0 Å². The molecule has 4 nitrogen and oxygen atoms in total. The van der Waals surface area contributed by atoms with Crippen LogP contribution in [0.25, 0.3) is 0 Å². The van der Waals surface area contributed by atoms with Crippen LogP contribution in [0.5, 0.6) is 0 Å². The van der Waals surface area contributed by atoms with E-state index in [4.69, 9.17) is 5.73 Å². The van der Waals surface area contributed by atoms with E-state index >= 15 is 0 Å². The van der Waals surface area contributed by atoms with Crippen molar-refractivity contribution in [2.75, 3.05) is 6.54 Å². The SMILES string of the molecule is NCC1(C(=O)NCc2ccncc2)CC1. The van der Waals surface area contributed by atoms with Gasteiger partial charge in [-0.25, -0.2) is 0 Å². The Morgan fingerprint density at radius 3 is 2.67 bits per heavy atom. The minimum absolute atomic E-state index is 0.0850. The van der Waals surface area contributed by atoms with Crippen LogP contribution < -0.4 is 11.1 Å². The van der Waals surface area contributed by atoms with Gasteiger partial charge < -0.3 is 11.1 Å². The first-order valence-electron chi connectivity index (χ1n) is 5.14. The minimum Gasteiger partial charge on any atom is -0.352 e. The van der Waals surface area contributed by atoms with E-state index in [9.17, 15) is 4.79 Å². The van der Waals surface area contributed by atoms with Crippen LogP contribution >= 0.6 is 0 Å². The van der Waals surface area contributed by atoms with Gasteiger partial charge in [-0.15, -0.1) is 0 Å². The summed E-state index contributed by atoms with van der Waals surface area (Å²) in [5, 5.41) is 2.91. The molecule has 1 saturated carbocycles. The topological polar surface area (TPSA) is 68.0 Å². The maximum atomic E-state index is 11.7. The van der Waals surface area contributed by atoms with E-state index in [-0.39, 0.29) is 11.3 Å². The van der Waals surface area contributed by atoms with Crippen LogP contribution in [0.2, 0.25) is 0 Å². The lowest BCUT2D eigenvalue weighted by molar-refractivity contribution is -0.126. The smallest absolute Gasteiger partial charge is 0.227 e. The number of rotatable bonds is 4. The van der Waals surface area contributed by atoms with Gasteiger partial charge in [0.05, 0.1) is 5.41 Å². The van der Waals surface area contributed by atoms with Crippen LogP contribution in [-0.4, -0.2) is 17.4 Å². The summed E-state index contributed by atoms with van der Waals surface area (Å²) >= 11 is 0. The fourth-order valence-electron chi connectivity index (χ4n) is 1.55. The highest BCUT2D eigenvalue weighted by Crippen LogP contribution is 2.44. The first kappa shape index (κ1) is 10.1. The normalized spacial score (nSPS) is 17.1. The average Bonchev–Trinajstić information content (AvgIpc) is 3.08. The third kappa shape index (κ3) is 2.15. The van der Waals surface area contributed by atoms with Gasteiger partial charge >= 0.3 is 0 Å². The van der Waals surface area contributed by atoms with E-state index in [2.05, 4.69) is 10.3 Å². The molecule has 1 amide bonds. The number of aromatic nitrogens is 1. The molecule has 1 aliphatic rings. The van der Waals surface area contributed by atoms with Gasteiger partial charge in [-0.1, -0.05) is 0 Å². The van der Waals surface area contributed by atoms with E-state index in [1.165, 1.54) is 0 Å². The Bertz CT molecular complexity index is 346. The lowest BCUT2D eigenvalue weighted by atomic mass is 10.1. The third-order valence-corrected chi connectivity index (χ3v) is 2.93. The van der Waals surface area contributed by atoms with Crippen molar-refractivity contribution in [3.05, 3.63) is 30.1 Å². The van der Waals surface area contributed by atoms with Crippen molar-refractivity contribution in [1.29, 1.82) is 0 Å². The number of carbonyl (C=O) groups excluding carboxylic acids is 1. The number of nitrogens with one attached hydrogen (secondary N) is 1. The second-order valence-electron chi connectivity index (χ2n) is 4.02. The van der Waals surface area contributed by atoms with Crippen LogP contribution in [0.3, 0.4) is 0 Å². The number of pyridine rings is 1. The molecule has 0 aliphatic heterocycles. The molecule has 1 aromatic heterocycles. The Labute approximate surface area is 88.9 Å². The van der Waals surface area contributed by atoms with Crippen LogP contribution in [0.1, 0.15) is 18.4 Å². The quantitative estimate of drug-likeness (QED) is 0.749. The fraction of sp³-hybridized carbons (Fsp3) is 0.455. The highest BCUT2D eigenvalue weighted by Gasteiger charge is 2.48. The highest BCUT2D eigenvalue weighted by atomic mass is 16.2. The molecule has 0 radical (unpaired) electrons. The molecule has 80 valence electrons. The fourth-order valence-corrected chi connectivity index (χ4v) is 1.55. The number of nitrogens with zero attached hydrogens (tertiary/aromatic N) is 1. The van der Waals surface area contributed by atoms with Crippen LogP contribution in [0.4, 0.5) is 0 Å². The van der Waals surface area contributed by atoms with Crippen molar-refractivity contribution in [1.82, 2.24) is 10.3 Å². The van der Waals surface area contributed by atoms with E-state index in [1.54, 1.807) is 12.4 Å². The zero-order valence-electron chi connectivity index (χ0n) is 8.57. The largest absolute Gasteiger partial charge is 0.352 e. The van der Waals surface area contributed by atoms with E-state index in [0.29, 0.717) is 13.1 Å². The molecule has 1 aromatic rings. The molecule has 1 fully saturated rings. The molecule has 0 atom stereocenters. The van der Waals surface area contributed by atoms with Gasteiger partial charge in [-0.3, -0.25) is 9.78 Å². The number of carbonyl (C=O) groups is 1. The van der Waals surface area contributed by atoms with Crippen molar-refractivity contribution < 1.29 is 4.79 Å². The van der Waals surface area contributed by atoms with Crippen molar-refractivity contribution in [2.45, 2.75) is 19.4 Å². The predicted molar refractivity (Wildman–Crippen MR) is 56.8 cm³/mol. The van der Waals surface area contributed by atoms with E-state index in [1.807, 2.05) is 12.1 Å². The molecule has 0 bridgehead atoms. The Kier molecular flexibility index (Phi) is 2.68. The highest BCUT2D eigenvalue weighted by molar-refractivity contribution is 5.85. The predicted octanol–water partition coefficient (Wildman–Crippen LogP) is 0.437. The lowest BCUT2D eigenvalue weighted by Gasteiger charge is -2.12. The Hall–Kier alpha value is -1.42. The molecule has 3 N–H and O–H groups in total. The molecule has 0 aromatic carbocycles. The number of amides is 1. The summed E-state index contributed by atoms with van der Waals surface area (Å²) in [4.78, 5) is 15.6. The molecular weight excluding hydrogens is 190 g/mol. The van der Waals surface area contributed by atoms with Crippen LogP contribution in [-0.2, 0) is 11.3 Å². The van der Waals surface area contributed by atoms with E-state index < -0.39 is 0 Å². The van der Waals surface area contributed by atoms with Crippen molar-refractivity contribution >= 4 is 5.91 Å². The maximum Gasteiger partial charge on any atom is 0.227 e. The molecule has 1 aliphatic carbocycles. The Morgan fingerprint density at radius 1 is 1.47 bits per heavy atom. The molecule has 0 unspecified atom stereocenters. The summed E-state index contributed by atoms with van der Waals surface area (Å²) in [5.74, 6) is 0.0850. The van der Waals surface area contributed by atoms with Gasteiger partial charge in [0.15, 0.2) is 0 Å². The number of nitrogens with two attached hydrogens (primary N) is 1. The van der Waals surface area contributed by atoms with Gasteiger partial charge in [0, 0.05) is 25.5 Å². The third-order valence-electron chi connectivity index (χ3n) is 2.93. The Morgan fingerprint density at radius 2 is 2.13 bits per heavy atom. The summed E-state index contributed by atoms with van der Waals surface area (Å²) < 4.78 is 0. The molecule has 15 heavy (non-hydrogen) atoms. The van der Waals surface area contributed by atoms with Crippen LogP contribution in [0, 0.1) is 5.41 Å². The van der Waals surface area contributed by atoms with Gasteiger partial charge in [0.25, 0.3) is 0 Å². The second-order valence-corrected chi connectivity index (χ2v) is 4.02. The lowest BCUT2D eigenvalue weighted by Crippen LogP contribution is -2.36. The number of hydrogen-bond donors (Lipinski definition) is 2. The summed E-state index contributed by atoms with van der Waals surface area (Å²) in [6.45, 7) is 1.01. The van der Waals surface area contributed by atoms with E-state index in [0.717, 1.165) is 18.4 Å². The van der Waals surface area contributed by atoms with Crippen molar-refractivity contribution in [3.63, 3.8) is 0 Å². The van der Waals surface area contributed by atoms with Crippen molar-refractivity contribution in [2.24, 2.45) is 11.1 Å². The second kappa shape index (κ2) is 3.98. The summed E-state index contributed by atoms with van der Waals surface area (Å²) in [5.41, 5.74) is 6.37. The zero-order valence-corrected chi connectivity index (χ0v) is 8.57. The average molecular weight is 205 g/mol. The summed E-state index contributed by atoms with van der Waals surface area (Å²) in [7, 11) is 0.